The summed E-state index contributed by atoms with van der Waals surface area (Å²) >= 11 is 0. The molecule has 0 unspecified atom stereocenters. The Morgan fingerprint density at radius 1 is 1.11 bits per heavy atom. The summed E-state index contributed by atoms with van der Waals surface area (Å²) in [5.41, 5.74) is 1.17. The maximum atomic E-state index is 5.68. The molecule has 18 heavy (non-hydrogen) atoms. The van der Waals surface area contributed by atoms with Crippen molar-refractivity contribution in [3.05, 3.63) is 36.2 Å². The van der Waals surface area contributed by atoms with E-state index in [1.54, 1.807) is 14.2 Å². The number of aromatic nitrogens is 2. The van der Waals surface area contributed by atoms with Gasteiger partial charge in [-0.05, 0) is 19.1 Å². The Balaban J connectivity index is 2.31. The fraction of sp³-hybridized carbons (Fsp3) is 0.231. The van der Waals surface area contributed by atoms with Gasteiger partial charge in [0.1, 0.15) is 12.1 Å². The van der Waals surface area contributed by atoms with Crippen molar-refractivity contribution >= 4 is 5.82 Å². The van der Waals surface area contributed by atoms with Crippen LogP contribution >= 0.6 is 0 Å². The molecule has 94 valence electrons. The van der Waals surface area contributed by atoms with Crippen molar-refractivity contribution in [3.8, 4) is 17.4 Å². The number of methoxy groups -OCH3 is 1. The Labute approximate surface area is 106 Å². The van der Waals surface area contributed by atoms with Crippen LogP contribution in [0.3, 0.4) is 0 Å². The van der Waals surface area contributed by atoms with E-state index in [2.05, 4.69) is 15.3 Å². The molecule has 1 aromatic heterocycles. The third-order valence-corrected chi connectivity index (χ3v) is 2.45. The quantitative estimate of drug-likeness (QED) is 0.897. The van der Waals surface area contributed by atoms with Crippen LogP contribution in [-0.2, 0) is 0 Å². The predicted molar refractivity (Wildman–Crippen MR) is 69.4 cm³/mol. The fourth-order valence-electron chi connectivity index (χ4n) is 1.51. The summed E-state index contributed by atoms with van der Waals surface area (Å²) in [4.78, 5) is 8.13. The summed E-state index contributed by atoms with van der Waals surface area (Å²) in [7, 11) is 3.32. The molecule has 0 atom stereocenters. The monoisotopic (exact) mass is 245 g/mol. The van der Waals surface area contributed by atoms with Crippen LogP contribution in [0.4, 0.5) is 5.82 Å². The summed E-state index contributed by atoms with van der Waals surface area (Å²) in [6.45, 7) is 2.02. The molecule has 0 radical (unpaired) electrons. The largest absolute Gasteiger partial charge is 0.489 e. The smallest absolute Gasteiger partial charge is 0.268 e. The minimum absolute atomic E-state index is 0.390. The molecular formula is C13H15N3O2. The van der Waals surface area contributed by atoms with Crippen LogP contribution in [0.15, 0.2) is 30.6 Å². The van der Waals surface area contributed by atoms with Gasteiger partial charge < -0.3 is 14.8 Å². The zero-order chi connectivity index (χ0) is 13.0. The lowest BCUT2D eigenvalue weighted by molar-refractivity contribution is 0.369. The molecule has 0 aliphatic carbocycles. The van der Waals surface area contributed by atoms with E-state index in [0.717, 1.165) is 0 Å². The zero-order valence-electron chi connectivity index (χ0n) is 10.6. The molecule has 0 fully saturated rings. The van der Waals surface area contributed by atoms with E-state index in [4.69, 9.17) is 9.47 Å². The molecular weight excluding hydrogens is 230 g/mol. The Morgan fingerprint density at radius 2 is 1.83 bits per heavy atom. The highest BCUT2D eigenvalue weighted by Gasteiger charge is 2.12. The van der Waals surface area contributed by atoms with Crippen LogP contribution in [0.1, 0.15) is 5.56 Å². The molecule has 1 heterocycles. The molecule has 0 bridgehead atoms. The van der Waals surface area contributed by atoms with E-state index in [1.165, 1.54) is 11.9 Å². The zero-order valence-corrected chi connectivity index (χ0v) is 10.6. The average molecular weight is 245 g/mol. The van der Waals surface area contributed by atoms with Gasteiger partial charge in [-0.15, -0.1) is 0 Å². The first-order valence-electron chi connectivity index (χ1n) is 5.56. The lowest BCUT2D eigenvalue weighted by atomic mass is 10.2. The molecule has 5 heteroatoms. The van der Waals surface area contributed by atoms with Gasteiger partial charge >= 0.3 is 0 Å². The Kier molecular flexibility index (Phi) is 3.62. The number of ether oxygens (including phenoxy) is 2. The second-order valence-electron chi connectivity index (χ2n) is 3.73. The molecule has 5 nitrogen and oxygen atoms in total. The first-order valence-corrected chi connectivity index (χ1v) is 5.56. The van der Waals surface area contributed by atoms with Gasteiger partial charge in [0, 0.05) is 7.05 Å². The van der Waals surface area contributed by atoms with Gasteiger partial charge in [0.05, 0.1) is 7.11 Å². The number of rotatable bonds is 4. The fourth-order valence-corrected chi connectivity index (χ4v) is 1.51. The van der Waals surface area contributed by atoms with Gasteiger partial charge in [-0.1, -0.05) is 17.7 Å². The maximum Gasteiger partial charge on any atom is 0.268 e. The van der Waals surface area contributed by atoms with E-state index in [-0.39, 0.29) is 0 Å². The number of aryl methyl sites for hydroxylation is 1. The van der Waals surface area contributed by atoms with Crippen molar-refractivity contribution in [2.24, 2.45) is 0 Å². The van der Waals surface area contributed by atoms with Crippen molar-refractivity contribution in [3.63, 3.8) is 0 Å². The van der Waals surface area contributed by atoms with E-state index in [1.807, 2.05) is 31.2 Å². The Hall–Kier alpha value is -2.30. The highest BCUT2D eigenvalue weighted by molar-refractivity contribution is 5.55. The number of nitrogens with zero attached hydrogens (tertiary/aromatic N) is 2. The highest BCUT2D eigenvalue weighted by Crippen LogP contribution is 2.33. The van der Waals surface area contributed by atoms with Crippen LogP contribution in [0.2, 0.25) is 0 Å². The molecule has 0 aliphatic heterocycles. The first-order chi connectivity index (χ1) is 8.74. The predicted octanol–water partition coefficient (Wildman–Crippen LogP) is 2.63. The molecule has 0 saturated carbocycles. The minimum atomic E-state index is 0.390. The highest BCUT2D eigenvalue weighted by atomic mass is 16.5. The molecule has 2 rings (SSSR count). The topological polar surface area (TPSA) is 56.3 Å². The van der Waals surface area contributed by atoms with Gasteiger partial charge in [-0.3, -0.25) is 0 Å². The van der Waals surface area contributed by atoms with Crippen LogP contribution in [-0.4, -0.2) is 24.1 Å². The van der Waals surface area contributed by atoms with E-state index >= 15 is 0 Å². The normalized spacial score (nSPS) is 9.94. The maximum absolute atomic E-state index is 5.68. The third-order valence-electron chi connectivity index (χ3n) is 2.45. The lowest BCUT2D eigenvalue weighted by Gasteiger charge is -2.11. The average Bonchev–Trinajstić information content (AvgIpc) is 2.41. The van der Waals surface area contributed by atoms with Crippen molar-refractivity contribution in [1.82, 2.24) is 9.97 Å². The van der Waals surface area contributed by atoms with Crippen molar-refractivity contribution in [2.75, 3.05) is 19.5 Å². The van der Waals surface area contributed by atoms with E-state index < -0.39 is 0 Å². The van der Waals surface area contributed by atoms with E-state index in [0.29, 0.717) is 23.2 Å². The summed E-state index contributed by atoms with van der Waals surface area (Å²) < 4.78 is 10.9. The summed E-state index contributed by atoms with van der Waals surface area (Å²) in [6, 6.07) is 7.72. The molecule has 0 saturated heterocycles. The van der Waals surface area contributed by atoms with Crippen molar-refractivity contribution in [2.45, 2.75) is 6.92 Å². The van der Waals surface area contributed by atoms with Gasteiger partial charge in [0.2, 0.25) is 5.75 Å². The number of hydrogen-bond donors (Lipinski definition) is 1. The van der Waals surface area contributed by atoms with Gasteiger partial charge in [-0.25, -0.2) is 4.98 Å². The molecule has 0 spiro atoms. The molecule has 0 aliphatic rings. The lowest BCUT2D eigenvalue weighted by Crippen LogP contribution is -2.00. The van der Waals surface area contributed by atoms with Gasteiger partial charge in [0.15, 0.2) is 5.82 Å². The minimum Gasteiger partial charge on any atom is -0.489 e. The SMILES string of the molecule is CNc1ncnc(Oc2ccc(C)cc2)c1OC. The van der Waals surface area contributed by atoms with Crippen molar-refractivity contribution in [1.29, 1.82) is 0 Å². The molecule has 1 N–H and O–H groups in total. The summed E-state index contributed by atoms with van der Waals surface area (Å²) in [5, 5.41) is 2.93. The molecule has 2 aromatic rings. The number of benzene rings is 1. The second-order valence-corrected chi connectivity index (χ2v) is 3.73. The molecule has 0 amide bonds. The number of hydrogen-bond acceptors (Lipinski definition) is 5. The first kappa shape index (κ1) is 12.2. The summed E-state index contributed by atoms with van der Waals surface area (Å²) in [5.74, 6) is 2.18. The van der Waals surface area contributed by atoms with E-state index in [9.17, 15) is 0 Å². The number of nitrogens with one attached hydrogen (secondary N) is 1. The standard InChI is InChI=1S/C13H15N3O2/c1-9-4-6-10(7-5-9)18-13-11(17-3)12(14-2)15-8-16-13/h4-8H,1-3H3,(H,14,15,16). The Morgan fingerprint density at radius 3 is 2.44 bits per heavy atom. The molecule has 1 aromatic carbocycles. The Bertz CT molecular complexity index is 526. The summed E-state index contributed by atoms with van der Waals surface area (Å²) in [6.07, 6.45) is 1.43. The van der Waals surface area contributed by atoms with Crippen LogP contribution in [0.25, 0.3) is 0 Å². The van der Waals surface area contributed by atoms with Crippen molar-refractivity contribution < 1.29 is 9.47 Å². The number of anilines is 1. The van der Waals surface area contributed by atoms with Crippen LogP contribution in [0.5, 0.6) is 17.4 Å². The van der Waals surface area contributed by atoms with Crippen LogP contribution in [0, 0.1) is 6.92 Å². The third kappa shape index (κ3) is 2.51. The van der Waals surface area contributed by atoms with Gasteiger partial charge in [-0.2, -0.15) is 4.98 Å². The van der Waals surface area contributed by atoms with Crippen LogP contribution < -0.4 is 14.8 Å². The second kappa shape index (κ2) is 5.35. The van der Waals surface area contributed by atoms with Gasteiger partial charge in [0.25, 0.3) is 5.88 Å².